The lowest BCUT2D eigenvalue weighted by Crippen LogP contribution is -2.42. The van der Waals surface area contributed by atoms with Crippen LogP contribution in [0.15, 0.2) is 24.3 Å². The second kappa shape index (κ2) is 5.17. The smallest absolute Gasteiger partial charge is 0.223 e. The third-order valence-corrected chi connectivity index (χ3v) is 4.58. The van der Waals surface area contributed by atoms with Crippen LogP contribution in [0.3, 0.4) is 0 Å². The lowest BCUT2D eigenvalue weighted by atomic mass is 9.85. The molecule has 0 saturated heterocycles. The highest BCUT2D eigenvalue weighted by Gasteiger charge is 2.46. The SMILES string of the molecule is NC1CCCC(C(=O)NC2(c3cccc(F)c3)CC2)C1. The Hall–Kier alpha value is -1.42. The highest BCUT2D eigenvalue weighted by Crippen LogP contribution is 2.46. The van der Waals surface area contributed by atoms with Gasteiger partial charge in [-0.1, -0.05) is 18.6 Å². The van der Waals surface area contributed by atoms with Crippen LogP contribution < -0.4 is 11.1 Å². The van der Waals surface area contributed by atoms with Gasteiger partial charge in [-0.05, 0) is 49.8 Å². The van der Waals surface area contributed by atoms with Crippen LogP contribution in [-0.2, 0) is 10.3 Å². The van der Waals surface area contributed by atoms with Crippen molar-refractivity contribution in [3.8, 4) is 0 Å². The van der Waals surface area contributed by atoms with Gasteiger partial charge < -0.3 is 11.1 Å². The monoisotopic (exact) mass is 276 g/mol. The van der Waals surface area contributed by atoms with Gasteiger partial charge in [-0.3, -0.25) is 4.79 Å². The maximum absolute atomic E-state index is 13.3. The van der Waals surface area contributed by atoms with Gasteiger partial charge in [0.1, 0.15) is 5.82 Å². The molecule has 2 unspecified atom stereocenters. The van der Waals surface area contributed by atoms with Gasteiger partial charge in [-0.15, -0.1) is 0 Å². The summed E-state index contributed by atoms with van der Waals surface area (Å²) in [4.78, 5) is 12.4. The topological polar surface area (TPSA) is 55.1 Å². The van der Waals surface area contributed by atoms with Gasteiger partial charge in [0.05, 0.1) is 5.54 Å². The lowest BCUT2D eigenvalue weighted by Gasteiger charge is -2.28. The summed E-state index contributed by atoms with van der Waals surface area (Å²) < 4.78 is 13.3. The summed E-state index contributed by atoms with van der Waals surface area (Å²) in [5.41, 5.74) is 6.49. The summed E-state index contributed by atoms with van der Waals surface area (Å²) >= 11 is 0. The Labute approximate surface area is 118 Å². The number of carbonyl (C=O) groups excluding carboxylic acids is 1. The first-order valence-electron chi connectivity index (χ1n) is 7.43. The van der Waals surface area contributed by atoms with Crippen molar-refractivity contribution >= 4 is 5.91 Å². The molecule has 4 heteroatoms. The first-order valence-corrected chi connectivity index (χ1v) is 7.43. The summed E-state index contributed by atoms with van der Waals surface area (Å²) in [6, 6.07) is 6.70. The van der Waals surface area contributed by atoms with Crippen LogP contribution in [0.4, 0.5) is 4.39 Å². The standard InChI is InChI=1S/C16H21FN2O/c17-13-5-2-4-12(10-13)16(7-8-16)19-15(20)11-3-1-6-14(18)9-11/h2,4-5,10-11,14H,1,3,6-9,18H2,(H,19,20). The van der Waals surface area contributed by atoms with Crippen molar-refractivity contribution in [2.75, 3.05) is 0 Å². The predicted octanol–water partition coefficient (Wildman–Crippen LogP) is 2.45. The van der Waals surface area contributed by atoms with E-state index in [0.717, 1.165) is 44.1 Å². The predicted molar refractivity (Wildman–Crippen MR) is 75.4 cm³/mol. The second-order valence-electron chi connectivity index (χ2n) is 6.21. The number of halogens is 1. The van der Waals surface area contributed by atoms with Gasteiger partial charge in [0.25, 0.3) is 0 Å². The fourth-order valence-electron chi connectivity index (χ4n) is 3.20. The molecule has 0 heterocycles. The van der Waals surface area contributed by atoms with Gasteiger partial charge in [0.2, 0.25) is 5.91 Å². The van der Waals surface area contributed by atoms with Crippen LogP contribution in [0.1, 0.15) is 44.1 Å². The molecule has 3 rings (SSSR count). The van der Waals surface area contributed by atoms with Crippen LogP contribution in [0, 0.1) is 11.7 Å². The van der Waals surface area contributed by atoms with Gasteiger partial charge >= 0.3 is 0 Å². The lowest BCUT2D eigenvalue weighted by molar-refractivity contribution is -0.127. The number of nitrogens with two attached hydrogens (primary N) is 1. The Morgan fingerprint density at radius 1 is 1.35 bits per heavy atom. The summed E-state index contributed by atoms with van der Waals surface area (Å²) in [5, 5.41) is 3.14. The van der Waals surface area contributed by atoms with Gasteiger partial charge in [0, 0.05) is 12.0 Å². The van der Waals surface area contributed by atoms with E-state index in [1.54, 1.807) is 6.07 Å². The third-order valence-electron chi connectivity index (χ3n) is 4.58. The number of rotatable bonds is 3. The third kappa shape index (κ3) is 2.70. The minimum atomic E-state index is -0.333. The summed E-state index contributed by atoms with van der Waals surface area (Å²) in [6.07, 6.45) is 5.50. The highest BCUT2D eigenvalue weighted by atomic mass is 19.1. The molecule has 2 atom stereocenters. The number of nitrogens with one attached hydrogen (secondary N) is 1. The van der Waals surface area contributed by atoms with Crippen molar-refractivity contribution in [2.45, 2.75) is 50.1 Å². The maximum Gasteiger partial charge on any atom is 0.223 e. The Bertz CT molecular complexity index is 513. The molecular formula is C16H21FN2O. The largest absolute Gasteiger partial charge is 0.346 e. The zero-order chi connectivity index (χ0) is 14.2. The first-order chi connectivity index (χ1) is 9.59. The van der Waals surface area contributed by atoms with Crippen molar-refractivity contribution in [1.29, 1.82) is 0 Å². The number of benzene rings is 1. The molecule has 3 nitrogen and oxygen atoms in total. The summed E-state index contributed by atoms with van der Waals surface area (Å²) in [7, 11) is 0. The van der Waals surface area contributed by atoms with Crippen molar-refractivity contribution < 1.29 is 9.18 Å². The molecule has 0 aromatic heterocycles. The van der Waals surface area contributed by atoms with Gasteiger partial charge in [0.15, 0.2) is 0 Å². The molecule has 1 amide bonds. The molecule has 2 fully saturated rings. The zero-order valence-corrected chi connectivity index (χ0v) is 11.6. The van der Waals surface area contributed by atoms with Crippen molar-refractivity contribution in [3.05, 3.63) is 35.6 Å². The number of hydrogen-bond acceptors (Lipinski definition) is 2. The van der Waals surface area contributed by atoms with E-state index in [9.17, 15) is 9.18 Å². The molecule has 2 saturated carbocycles. The molecule has 2 aliphatic rings. The molecule has 2 aliphatic carbocycles. The van der Waals surface area contributed by atoms with E-state index in [2.05, 4.69) is 5.32 Å². The minimum absolute atomic E-state index is 0.0183. The molecule has 108 valence electrons. The fourth-order valence-corrected chi connectivity index (χ4v) is 3.20. The van der Waals surface area contributed by atoms with E-state index >= 15 is 0 Å². The van der Waals surface area contributed by atoms with E-state index < -0.39 is 0 Å². The van der Waals surface area contributed by atoms with E-state index in [-0.39, 0.29) is 29.2 Å². The van der Waals surface area contributed by atoms with Crippen molar-refractivity contribution in [2.24, 2.45) is 11.7 Å². The molecule has 3 N–H and O–H groups in total. The van der Waals surface area contributed by atoms with Crippen molar-refractivity contribution in [3.63, 3.8) is 0 Å². The van der Waals surface area contributed by atoms with Crippen LogP contribution in [0.2, 0.25) is 0 Å². The van der Waals surface area contributed by atoms with Crippen molar-refractivity contribution in [1.82, 2.24) is 5.32 Å². The Morgan fingerprint density at radius 2 is 2.15 bits per heavy atom. The molecule has 0 radical (unpaired) electrons. The zero-order valence-electron chi connectivity index (χ0n) is 11.6. The fraction of sp³-hybridized carbons (Fsp3) is 0.562. The molecule has 1 aromatic carbocycles. The van der Waals surface area contributed by atoms with Crippen LogP contribution in [-0.4, -0.2) is 11.9 Å². The van der Waals surface area contributed by atoms with E-state index in [4.69, 9.17) is 5.73 Å². The molecule has 0 spiro atoms. The average molecular weight is 276 g/mol. The van der Waals surface area contributed by atoms with Crippen LogP contribution in [0.5, 0.6) is 0 Å². The Morgan fingerprint density at radius 3 is 2.80 bits per heavy atom. The average Bonchev–Trinajstić information content (AvgIpc) is 3.20. The second-order valence-corrected chi connectivity index (χ2v) is 6.21. The van der Waals surface area contributed by atoms with Gasteiger partial charge in [-0.25, -0.2) is 4.39 Å². The molecule has 1 aromatic rings. The minimum Gasteiger partial charge on any atom is -0.346 e. The van der Waals surface area contributed by atoms with Gasteiger partial charge in [-0.2, -0.15) is 0 Å². The van der Waals surface area contributed by atoms with Crippen LogP contribution >= 0.6 is 0 Å². The highest BCUT2D eigenvalue weighted by molar-refractivity contribution is 5.80. The van der Waals surface area contributed by atoms with E-state index in [1.807, 2.05) is 6.07 Å². The summed E-state index contributed by atoms with van der Waals surface area (Å²) in [6.45, 7) is 0. The Balaban J connectivity index is 1.69. The van der Waals surface area contributed by atoms with E-state index in [0.29, 0.717) is 0 Å². The van der Waals surface area contributed by atoms with Crippen LogP contribution in [0.25, 0.3) is 0 Å². The number of carbonyl (C=O) groups is 1. The summed E-state index contributed by atoms with van der Waals surface area (Å²) in [5.74, 6) is -0.144. The molecule has 0 bridgehead atoms. The molecular weight excluding hydrogens is 255 g/mol. The molecule has 0 aliphatic heterocycles. The van der Waals surface area contributed by atoms with E-state index in [1.165, 1.54) is 12.1 Å². The number of amides is 1. The quantitative estimate of drug-likeness (QED) is 0.891. The normalized spacial score (nSPS) is 27.9. The Kier molecular flexibility index (Phi) is 3.50. The molecule has 20 heavy (non-hydrogen) atoms. The maximum atomic E-state index is 13.3. The first kappa shape index (κ1) is 13.6. The number of hydrogen-bond donors (Lipinski definition) is 2.